The lowest BCUT2D eigenvalue weighted by Crippen LogP contribution is -2.32. The summed E-state index contributed by atoms with van der Waals surface area (Å²) < 4.78 is 16.6. The fourth-order valence-corrected chi connectivity index (χ4v) is 3.46. The van der Waals surface area contributed by atoms with Gasteiger partial charge in [-0.3, -0.25) is 4.90 Å². The Morgan fingerprint density at radius 2 is 1.48 bits per heavy atom. The lowest BCUT2D eigenvalue weighted by Gasteiger charge is -2.30. The number of benzene rings is 1. The van der Waals surface area contributed by atoms with Crippen molar-refractivity contribution in [1.82, 2.24) is 15.1 Å². The van der Waals surface area contributed by atoms with Gasteiger partial charge in [-0.1, -0.05) is 0 Å². The number of methoxy groups -OCH3 is 2. The van der Waals surface area contributed by atoms with E-state index in [9.17, 15) is 0 Å². The molecule has 0 bridgehead atoms. The van der Waals surface area contributed by atoms with Crippen LogP contribution in [-0.4, -0.2) is 42.4 Å². The standard InChI is InChI=1S/C19H25N3O3/c1-23-16-9-13(10-17(11-16)24-2)12-22-7-5-15(6-8-22)19-21-20-18(25-19)14-3-4-14/h9-11,14-15H,3-8,12H2,1-2H3. The van der Waals surface area contributed by atoms with Gasteiger partial charge in [0.25, 0.3) is 0 Å². The molecule has 6 heteroatoms. The number of hydrogen-bond donors (Lipinski definition) is 0. The summed E-state index contributed by atoms with van der Waals surface area (Å²) >= 11 is 0. The lowest BCUT2D eigenvalue weighted by molar-refractivity contribution is 0.191. The molecule has 1 aromatic carbocycles. The number of nitrogens with zero attached hydrogens (tertiary/aromatic N) is 3. The second-order valence-corrected chi connectivity index (χ2v) is 7.02. The first-order valence-corrected chi connectivity index (χ1v) is 9.02. The minimum absolute atomic E-state index is 0.399. The predicted molar refractivity (Wildman–Crippen MR) is 93.1 cm³/mol. The summed E-state index contributed by atoms with van der Waals surface area (Å²) in [6.45, 7) is 2.97. The molecular weight excluding hydrogens is 318 g/mol. The Labute approximate surface area is 148 Å². The molecule has 1 aliphatic heterocycles. The van der Waals surface area contributed by atoms with Crippen molar-refractivity contribution >= 4 is 0 Å². The van der Waals surface area contributed by atoms with Gasteiger partial charge in [0.15, 0.2) is 0 Å². The summed E-state index contributed by atoms with van der Waals surface area (Å²) in [7, 11) is 3.37. The summed E-state index contributed by atoms with van der Waals surface area (Å²) in [4.78, 5) is 2.46. The van der Waals surface area contributed by atoms with E-state index in [1.54, 1.807) is 14.2 Å². The highest BCUT2D eigenvalue weighted by Gasteiger charge is 2.31. The molecule has 134 valence electrons. The topological polar surface area (TPSA) is 60.6 Å². The van der Waals surface area contributed by atoms with Crippen molar-refractivity contribution in [2.45, 2.75) is 44.1 Å². The van der Waals surface area contributed by atoms with E-state index in [2.05, 4.69) is 27.2 Å². The first-order chi connectivity index (χ1) is 12.2. The van der Waals surface area contributed by atoms with Crippen LogP contribution in [0.3, 0.4) is 0 Å². The van der Waals surface area contributed by atoms with Crippen LogP contribution in [-0.2, 0) is 6.54 Å². The molecule has 2 aromatic rings. The Kier molecular flexibility index (Phi) is 4.61. The van der Waals surface area contributed by atoms with Crippen molar-refractivity contribution in [2.24, 2.45) is 0 Å². The molecule has 0 N–H and O–H groups in total. The Morgan fingerprint density at radius 1 is 0.920 bits per heavy atom. The Hall–Kier alpha value is -2.08. The number of aromatic nitrogens is 2. The monoisotopic (exact) mass is 343 g/mol. The average molecular weight is 343 g/mol. The van der Waals surface area contributed by atoms with Crippen LogP contribution in [0.1, 0.15) is 54.9 Å². The zero-order chi connectivity index (χ0) is 17.2. The van der Waals surface area contributed by atoms with E-state index in [4.69, 9.17) is 13.9 Å². The number of likely N-dealkylation sites (tertiary alicyclic amines) is 1. The highest BCUT2D eigenvalue weighted by Crippen LogP contribution is 2.40. The molecular formula is C19H25N3O3. The summed E-state index contributed by atoms with van der Waals surface area (Å²) in [5.41, 5.74) is 1.21. The molecule has 4 rings (SSSR count). The summed E-state index contributed by atoms with van der Waals surface area (Å²) in [6, 6.07) is 6.06. The number of piperidine rings is 1. The van der Waals surface area contributed by atoms with Crippen LogP contribution in [0.4, 0.5) is 0 Å². The summed E-state index contributed by atoms with van der Waals surface area (Å²) in [5.74, 6) is 4.29. The van der Waals surface area contributed by atoms with E-state index in [1.165, 1.54) is 18.4 Å². The minimum Gasteiger partial charge on any atom is -0.497 e. The zero-order valence-electron chi connectivity index (χ0n) is 14.9. The van der Waals surface area contributed by atoms with Crippen molar-refractivity contribution in [3.05, 3.63) is 35.5 Å². The van der Waals surface area contributed by atoms with Crippen LogP contribution < -0.4 is 9.47 Å². The summed E-state index contributed by atoms with van der Waals surface area (Å²) in [5, 5.41) is 8.51. The van der Waals surface area contributed by atoms with Crippen LogP contribution in [0.25, 0.3) is 0 Å². The molecule has 2 fully saturated rings. The van der Waals surface area contributed by atoms with Crippen LogP contribution in [0.15, 0.2) is 22.6 Å². The molecule has 0 radical (unpaired) electrons. The average Bonchev–Trinajstić information content (AvgIpc) is 3.39. The van der Waals surface area contributed by atoms with E-state index in [-0.39, 0.29) is 0 Å². The Morgan fingerprint density at radius 3 is 2.00 bits per heavy atom. The van der Waals surface area contributed by atoms with Gasteiger partial charge in [0, 0.05) is 24.4 Å². The smallest absolute Gasteiger partial charge is 0.219 e. The van der Waals surface area contributed by atoms with Crippen LogP contribution in [0, 0.1) is 0 Å². The van der Waals surface area contributed by atoms with Gasteiger partial charge in [-0.15, -0.1) is 10.2 Å². The maximum atomic E-state index is 5.89. The quantitative estimate of drug-likeness (QED) is 0.802. The van der Waals surface area contributed by atoms with Gasteiger partial charge in [-0.05, 0) is 56.5 Å². The molecule has 2 aliphatic rings. The van der Waals surface area contributed by atoms with Gasteiger partial charge in [0.1, 0.15) is 11.5 Å². The highest BCUT2D eigenvalue weighted by atomic mass is 16.5. The molecule has 0 spiro atoms. The maximum Gasteiger partial charge on any atom is 0.219 e. The van der Waals surface area contributed by atoms with Crippen molar-refractivity contribution in [2.75, 3.05) is 27.3 Å². The van der Waals surface area contributed by atoms with Crippen LogP contribution >= 0.6 is 0 Å². The van der Waals surface area contributed by atoms with Crippen molar-refractivity contribution in [3.63, 3.8) is 0 Å². The fourth-order valence-electron chi connectivity index (χ4n) is 3.46. The predicted octanol–water partition coefficient (Wildman–Crippen LogP) is 3.34. The van der Waals surface area contributed by atoms with Crippen molar-refractivity contribution in [3.8, 4) is 11.5 Å². The highest BCUT2D eigenvalue weighted by molar-refractivity contribution is 5.38. The van der Waals surface area contributed by atoms with Gasteiger partial charge < -0.3 is 13.9 Å². The molecule has 1 aliphatic carbocycles. The van der Waals surface area contributed by atoms with E-state index < -0.39 is 0 Å². The van der Waals surface area contributed by atoms with E-state index in [1.807, 2.05) is 6.07 Å². The number of ether oxygens (including phenoxy) is 2. The third kappa shape index (κ3) is 3.79. The normalized spacial score (nSPS) is 19.1. The van der Waals surface area contributed by atoms with Crippen LogP contribution in [0.5, 0.6) is 11.5 Å². The van der Waals surface area contributed by atoms with E-state index in [0.717, 1.165) is 55.8 Å². The molecule has 1 saturated heterocycles. The van der Waals surface area contributed by atoms with Crippen molar-refractivity contribution in [1.29, 1.82) is 0 Å². The Bertz CT molecular complexity index is 696. The first kappa shape index (κ1) is 16.4. The molecule has 0 unspecified atom stereocenters. The molecule has 1 aromatic heterocycles. The van der Waals surface area contributed by atoms with E-state index >= 15 is 0 Å². The number of rotatable bonds is 6. The second kappa shape index (κ2) is 7.04. The SMILES string of the molecule is COc1cc(CN2CCC(c3nnc(C4CC4)o3)CC2)cc(OC)c1. The minimum atomic E-state index is 0.399. The largest absolute Gasteiger partial charge is 0.497 e. The fraction of sp³-hybridized carbons (Fsp3) is 0.579. The molecule has 6 nitrogen and oxygen atoms in total. The molecule has 25 heavy (non-hydrogen) atoms. The third-order valence-corrected chi connectivity index (χ3v) is 5.14. The van der Waals surface area contributed by atoms with Gasteiger partial charge in [-0.25, -0.2) is 0 Å². The lowest BCUT2D eigenvalue weighted by atomic mass is 9.96. The number of hydrogen-bond acceptors (Lipinski definition) is 6. The van der Waals surface area contributed by atoms with Gasteiger partial charge >= 0.3 is 0 Å². The van der Waals surface area contributed by atoms with Crippen LogP contribution in [0.2, 0.25) is 0 Å². The van der Waals surface area contributed by atoms with Gasteiger partial charge in [-0.2, -0.15) is 0 Å². The molecule has 0 amide bonds. The molecule has 0 atom stereocenters. The van der Waals surface area contributed by atoms with E-state index in [0.29, 0.717) is 11.8 Å². The van der Waals surface area contributed by atoms with Gasteiger partial charge in [0.2, 0.25) is 11.8 Å². The van der Waals surface area contributed by atoms with Crippen molar-refractivity contribution < 1.29 is 13.9 Å². The molecule has 1 saturated carbocycles. The Balaban J connectivity index is 1.35. The first-order valence-electron chi connectivity index (χ1n) is 9.02. The third-order valence-electron chi connectivity index (χ3n) is 5.14. The zero-order valence-corrected chi connectivity index (χ0v) is 14.9. The maximum absolute atomic E-state index is 5.89. The summed E-state index contributed by atoms with van der Waals surface area (Å²) in [6.07, 6.45) is 4.52. The second-order valence-electron chi connectivity index (χ2n) is 7.02. The van der Waals surface area contributed by atoms with Gasteiger partial charge in [0.05, 0.1) is 14.2 Å². The molecule has 2 heterocycles.